The van der Waals surface area contributed by atoms with E-state index in [0.29, 0.717) is 6.04 Å². The lowest BCUT2D eigenvalue weighted by Gasteiger charge is -2.27. The Bertz CT molecular complexity index is 441. The standard InChI is InChI=1S/C15H21NOS/c1-12(2)14-6-3-8-16(14)11-15-13(5-4-9-17)7-10-18-15/h7,10,12,14,17H,3,6,8-9,11H2,1-2H3. The Morgan fingerprint density at radius 1 is 1.56 bits per heavy atom. The van der Waals surface area contributed by atoms with Crippen LogP contribution in [-0.4, -0.2) is 29.2 Å². The van der Waals surface area contributed by atoms with Gasteiger partial charge >= 0.3 is 0 Å². The van der Waals surface area contributed by atoms with Gasteiger partial charge in [0.1, 0.15) is 6.61 Å². The number of hydrogen-bond donors (Lipinski definition) is 1. The zero-order valence-electron chi connectivity index (χ0n) is 11.1. The highest BCUT2D eigenvalue weighted by atomic mass is 32.1. The van der Waals surface area contributed by atoms with E-state index >= 15 is 0 Å². The first-order valence-corrected chi connectivity index (χ1v) is 7.50. The van der Waals surface area contributed by atoms with E-state index < -0.39 is 0 Å². The molecule has 0 aliphatic carbocycles. The number of nitrogens with zero attached hydrogens (tertiary/aromatic N) is 1. The molecular formula is C15H21NOS. The second kappa shape index (κ2) is 6.38. The Morgan fingerprint density at radius 3 is 3.11 bits per heavy atom. The molecule has 0 aromatic carbocycles. The first-order valence-electron chi connectivity index (χ1n) is 6.62. The molecule has 0 saturated carbocycles. The minimum Gasteiger partial charge on any atom is -0.384 e. The zero-order valence-corrected chi connectivity index (χ0v) is 12.0. The van der Waals surface area contributed by atoms with E-state index in [-0.39, 0.29) is 6.61 Å². The van der Waals surface area contributed by atoms with Crippen LogP contribution in [0.2, 0.25) is 0 Å². The van der Waals surface area contributed by atoms with Crippen molar-refractivity contribution in [3.05, 3.63) is 21.9 Å². The molecule has 1 saturated heterocycles. The maximum Gasteiger partial charge on any atom is 0.104 e. The van der Waals surface area contributed by atoms with Crippen LogP contribution < -0.4 is 0 Å². The van der Waals surface area contributed by atoms with Gasteiger partial charge in [-0.05, 0) is 36.8 Å². The maximum absolute atomic E-state index is 8.77. The van der Waals surface area contributed by atoms with Crippen LogP contribution >= 0.6 is 11.3 Å². The summed E-state index contributed by atoms with van der Waals surface area (Å²) in [5.41, 5.74) is 1.09. The first kappa shape index (κ1) is 13.6. The molecule has 2 rings (SSSR count). The van der Waals surface area contributed by atoms with Gasteiger partial charge in [0.25, 0.3) is 0 Å². The van der Waals surface area contributed by atoms with Gasteiger partial charge in [-0.15, -0.1) is 11.3 Å². The van der Waals surface area contributed by atoms with Gasteiger partial charge in [0.05, 0.1) is 0 Å². The quantitative estimate of drug-likeness (QED) is 0.848. The van der Waals surface area contributed by atoms with Gasteiger partial charge in [-0.25, -0.2) is 0 Å². The van der Waals surface area contributed by atoms with Gasteiger partial charge in [-0.2, -0.15) is 0 Å². The summed E-state index contributed by atoms with van der Waals surface area (Å²) in [6, 6.07) is 2.77. The Morgan fingerprint density at radius 2 is 2.39 bits per heavy atom. The highest BCUT2D eigenvalue weighted by molar-refractivity contribution is 7.10. The number of hydrogen-bond acceptors (Lipinski definition) is 3. The Balaban J connectivity index is 2.07. The molecule has 18 heavy (non-hydrogen) atoms. The van der Waals surface area contributed by atoms with Gasteiger partial charge < -0.3 is 5.11 Å². The normalized spacial score (nSPS) is 20.1. The van der Waals surface area contributed by atoms with Crippen LogP contribution in [0.25, 0.3) is 0 Å². The summed E-state index contributed by atoms with van der Waals surface area (Å²) in [6.07, 6.45) is 2.63. The van der Waals surface area contributed by atoms with Crippen molar-refractivity contribution in [2.24, 2.45) is 5.92 Å². The highest BCUT2D eigenvalue weighted by Gasteiger charge is 2.27. The van der Waals surface area contributed by atoms with E-state index in [4.69, 9.17) is 5.11 Å². The van der Waals surface area contributed by atoms with Crippen molar-refractivity contribution in [1.29, 1.82) is 0 Å². The van der Waals surface area contributed by atoms with Gasteiger partial charge in [0.2, 0.25) is 0 Å². The van der Waals surface area contributed by atoms with Crippen LogP contribution in [0.1, 0.15) is 37.1 Å². The van der Waals surface area contributed by atoms with Crippen molar-refractivity contribution < 1.29 is 5.11 Å². The van der Waals surface area contributed by atoms with Gasteiger partial charge in [0.15, 0.2) is 0 Å². The summed E-state index contributed by atoms with van der Waals surface area (Å²) in [6.45, 7) is 6.77. The highest BCUT2D eigenvalue weighted by Crippen LogP contribution is 2.28. The summed E-state index contributed by atoms with van der Waals surface area (Å²) in [7, 11) is 0. The molecule has 0 radical (unpaired) electrons. The van der Waals surface area contributed by atoms with Crippen LogP contribution in [-0.2, 0) is 6.54 Å². The predicted octanol–water partition coefficient (Wildman–Crippen LogP) is 2.71. The fourth-order valence-electron chi connectivity index (χ4n) is 2.70. The van der Waals surface area contributed by atoms with Crippen LogP contribution in [0.3, 0.4) is 0 Å². The average molecular weight is 263 g/mol. The molecular weight excluding hydrogens is 242 g/mol. The topological polar surface area (TPSA) is 23.5 Å². The summed E-state index contributed by atoms with van der Waals surface area (Å²) >= 11 is 1.77. The van der Waals surface area contributed by atoms with Crippen LogP contribution in [0, 0.1) is 17.8 Å². The summed E-state index contributed by atoms with van der Waals surface area (Å²) in [5.74, 6) is 6.51. The van der Waals surface area contributed by atoms with Crippen molar-refractivity contribution >= 4 is 11.3 Å². The largest absolute Gasteiger partial charge is 0.384 e. The zero-order chi connectivity index (χ0) is 13.0. The molecule has 0 spiro atoms. The third-order valence-electron chi connectivity index (χ3n) is 3.58. The molecule has 2 nitrogen and oxygen atoms in total. The van der Waals surface area contributed by atoms with Gasteiger partial charge in [0, 0.05) is 23.0 Å². The fraction of sp³-hybridized carbons (Fsp3) is 0.600. The Labute approximate surface area is 114 Å². The lowest BCUT2D eigenvalue weighted by Crippen LogP contribution is -2.32. The van der Waals surface area contributed by atoms with Gasteiger partial charge in [-0.1, -0.05) is 25.7 Å². The molecule has 0 bridgehead atoms. The van der Waals surface area contributed by atoms with E-state index in [0.717, 1.165) is 18.0 Å². The Kier molecular flexibility index (Phi) is 4.82. The maximum atomic E-state index is 8.77. The van der Waals surface area contributed by atoms with E-state index in [1.54, 1.807) is 11.3 Å². The second-order valence-corrected chi connectivity index (χ2v) is 6.14. The molecule has 1 aliphatic heterocycles. The van der Waals surface area contributed by atoms with Crippen LogP contribution in [0.4, 0.5) is 0 Å². The van der Waals surface area contributed by atoms with Crippen molar-refractivity contribution in [1.82, 2.24) is 4.90 Å². The van der Waals surface area contributed by atoms with Crippen LogP contribution in [0.5, 0.6) is 0 Å². The molecule has 0 amide bonds. The molecule has 1 N–H and O–H groups in total. The van der Waals surface area contributed by atoms with E-state index in [2.05, 4.69) is 42.0 Å². The van der Waals surface area contributed by atoms with E-state index in [9.17, 15) is 0 Å². The number of aliphatic hydroxyl groups is 1. The third kappa shape index (κ3) is 3.14. The molecule has 1 unspecified atom stereocenters. The third-order valence-corrected chi connectivity index (χ3v) is 4.48. The minimum absolute atomic E-state index is 0.0619. The molecule has 1 aromatic rings. The molecule has 1 aromatic heterocycles. The number of likely N-dealkylation sites (tertiary alicyclic amines) is 1. The SMILES string of the molecule is CC(C)C1CCCN1Cc1sccc1C#CCO. The van der Waals surface area contributed by atoms with Crippen molar-refractivity contribution in [3.63, 3.8) is 0 Å². The predicted molar refractivity (Wildman–Crippen MR) is 76.6 cm³/mol. The second-order valence-electron chi connectivity index (χ2n) is 5.14. The van der Waals surface area contributed by atoms with Crippen molar-refractivity contribution in [3.8, 4) is 11.8 Å². The number of rotatable bonds is 3. The lowest BCUT2D eigenvalue weighted by atomic mass is 10.0. The smallest absolute Gasteiger partial charge is 0.104 e. The molecule has 3 heteroatoms. The summed E-state index contributed by atoms with van der Waals surface area (Å²) in [4.78, 5) is 3.92. The number of aliphatic hydroxyl groups excluding tert-OH is 1. The van der Waals surface area contributed by atoms with Crippen molar-refractivity contribution in [2.75, 3.05) is 13.2 Å². The van der Waals surface area contributed by atoms with E-state index in [1.165, 1.54) is 24.3 Å². The average Bonchev–Trinajstić information content (AvgIpc) is 2.96. The van der Waals surface area contributed by atoms with Crippen LogP contribution in [0.15, 0.2) is 11.4 Å². The summed E-state index contributed by atoms with van der Waals surface area (Å²) < 4.78 is 0. The molecule has 98 valence electrons. The Hall–Kier alpha value is -0.820. The monoisotopic (exact) mass is 263 g/mol. The number of thiophene rings is 1. The minimum atomic E-state index is -0.0619. The van der Waals surface area contributed by atoms with Gasteiger partial charge in [-0.3, -0.25) is 4.90 Å². The molecule has 1 atom stereocenters. The fourth-order valence-corrected chi connectivity index (χ4v) is 3.55. The molecule has 2 heterocycles. The molecule has 1 fully saturated rings. The van der Waals surface area contributed by atoms with Crippen molar-refractivity contribution in [2.45, 2.75) is 39.3 Å². The van der Waals surface area contributed by atoms with E-state index in [1.807, 2.05) is 0 Å². The summed E-state index contributed by atoms with van der Waals surface area (Å²) in [5, 5.41) is 10.9. The lowest BCUT2D eigenvalue weighted by molar-refractivity contribution is 0.200. The molecule has 1 aliphatic rings. The first-order chi connectivity index (χ1) is 8.72.